The Hall–Kier alpha value is -2.36. The summed E-state index contributed by atoms with van der Waals surface area (Å²) in [5.74, 6) is 1.13. The predicted octanol–water partition coefficient (Wildman–Crippen LogP) is 3.84. The van der Waals surface area contributed by atoms with Crippen LogP contribution in [0.2, 0.25) is 0 Å². The van der Waals surface area contributed by atoms with Gasteiger partial charge in [-0.15, -0.1) is 0 Å². The molecule has 32 heavy (non-hydrogen) atoms. The van der Waals surface area contributed by atoms with Crippen molar-refractivity contribution in [1.29, 1.82) is 0 Å². The summed E-state index contributed by atoms with van der Waals surface area (Å²) in [5, 5.41) is 1.11. The van der Waals surface area contributed by atoms with E-state index in [1.54, 1.807) is 0 Å². The third-order valence-corrected chi connectivity index (χ3v) is 8.18. The molecule has 0 aliphatic carbocycles. The highest BCUT2D eigenvalue weighted by atomic mass is 32.3. The van der Waals surface area contributed by atoms with Crippen LogP contribution in [0.25, 0.3) is 10.9 Å². The Balaban J connectivity index is 1.61. The number of ether oxygens (including phenoxy) is 1. The second kappa shape index (κ2) is 8.53. The number of hydrogen-bond donors (Lipinski definition) is 3. The SMILES string of the molecule is Cc1ccc2nc(N3CCS(O)(O)c4ccccc4C3)cc(N(CCN)C3COC3)c2c1. The van der Waals surface area contributed by atoms with Gasteiger partial charge < -0.3 is 20.3 Å². The van der Waals surface area contributed by atoms with Crippen LogP contribution < -0.4 is 15.5 Å². The summed E-state index contributed by atoms with van der Waals surface area (Å²) in [6.07, 6.45) is 0. The average Bonchev–Trinajstić information content (AvgIpc) is 2.88. The fraction of sp³-hybridized carbons (Fsp3) is 0.375. The number of aromatic nitrogens is 1. The number of rotatable bonds is 5. The van der Waals surface area contributed by atoms with E-state index in [4.69, 9.17) is 15.5 Å². The van der Waals surface area contributed by atoms with Crippen LogP contribution in [0, 0.1) is 6.92 Å². The average molecular weight is 455 g/mol. The second-order valence-electron chi connectivity index (χ2n) is 8.59. The van der Waals surface area contributed by atoms with E-state index in [0.29, 0.717) is 43.8 Å². The smallest absolute Gasteiger partial charge is 0.131 e. The largest absolute Gasteiger partial charge is 0.377 e. The monoisotopic (exact) mass is 454 g/mol. The van der Waals surface area contributed by atoms with Gasteiger partial charge in [0.05, 0.1) is 41.1 Å². The number of nitrogens with zero attached hydrogens (tertiary/aromatic N) is 3. The lowest BCUT2D eigenvalue weighted by atomic mass is 10.1. The van der Waals surface area contributed by atoms with Crippen LogP contribution in [0.5, 0.6) is 0 Å². The first-order valence-electron chi connectivity index (χ1n) is 11.0. The number of fused-ring (bicyclic) bond motifs is 2. The Morgan fingerprint density at radius 3 is 2.75 bits per heavy atom. The first-order valence-corrected chi connectivity index (χ1v) is 12.7. The first kappa shape index (κ1) is 21.5. The van der Waals surface area contributed by atoms with Crippen molar-refractivity contribution < 1.29 is 13.8 Å². The second-order valence-corrected chi connectivity index (χ2v) is 10.8. The number of nitrogens with two attached hydrogens (primary N) is 1. The van der Waals surface area contributed by atoms with Crippen LogP contribution in [-0.4, -0.2) is 58.7 Å². The molecule has 3 aromatic rings. The van der Waals surface area contributed by atoms with E-state index in [-0.39, 0.29) is 5.75 Å². The summed E-state index contributed by atoms with van der Waals surface area (Å²) >= 11 is 0. The van der Waals surface area contributed by atoms with E-state index < -0.39 is 10.6 Å². The highest BCUT2D eigenvalue weighted by molar-refractivity contribution is 8.24. The maximum Gasteiger partial charge on any atom is 0.131 e. The van der Waals surface area contributed by atoms with Gasteiger partial charge >= 0.3 is 0 Å². The van der Waals surface area contributed by atoms with Gasteiger partial charge in [-0.05, 0) is 30.7 Å². The molecule has 0 spiro atoms. The van der Waals surface area contributed by atoms with Crippen LogP contribution in [0.1, 0.15) is 11.1 Å². The molecule has 0 radical (unpaired) electrons. The van der Waals surface area contributed by atoms with E-state index in [0.717, 1.165) is 34.5 Å². The molecule has 1 fully saturated rings. The molecule has 0 atom stereocenters. The van der Waals surface area contributed by atoms with Crippen molar-refractivity contribution in [3.05, 3.63) is 59.7 Å². The molecule has 0 amide bonds. The molecule has 2 aromatic carbocycles. The Morgan fingerprint density at radius 1 is 1.19 bits per heavy atom. The minimum absolute atomic E-state index is 0.288. The van der Waals surface area contributed by atoms with Crippen molar-refractivity contribution >= 4 is 33.0 Å². The minimum atomic E-state index is -2.82. The Bertz CT molecular complexity index is 1140. The standard InChI is InChI=1S/C24H30N4O3S/c1-17-6-7-21-20(12-17)22(28(9-8-25)19-15-31-16-19)13-24(26-21)27-10-11-32(29,30)23-5-3-2-4-18(23)14-27/h2-7,12-13,19,29-30H,8-11,14-16,25H2,1H3. The molecule has 5 rings (SSSR count). The quantitative estimate of drug-likeness (QED) is 0.539. The summed E-state index contributed by atoms with van der Waals surface area (Å²) in [5.41, 5.74) is 10.1. The fourth-order valence-electron chi connectivity index (χ4n) is 4.53. The molecule has 7 nitrogen and oxygen atoms in total. The van der Waals surface area contributed by atoms with Crippen LogP contribution in [0.15, 0.2) is 53.4 Å². The van der Waals surface area contributed by atoms with Crippen LogP contribution in [-0.2, 0) is 11.3 Å². The number of anilines is 2. The summed E-state index contributed by atoms with van der Waals surface area (Å²) in [4.78, 5) is 10.1. The Kier molecular flexibility index (Phi) is 5.73. The summed E-state index contributed by atoms with van der Waals surface area (Å²) < 4.78 is 27.0. The summed E-state index contributed by atoms with van der Waals surface area (Å²) in [7, 11) is -2.82. The third kappa shape index (κ3) is 3.93. The van der Waals surface area contributed by atoms with Gasteiger partial charge in [0.15, 0.2) is 0 Å². The minimum Gasteiger partial charge on any atom is -0.377 e. The number of pyridine rings is 1. The third-order valence-electron chi connectivity index (χ3n) is 6.33. The Morgan fingerprint density at radius 2 is 2.00 bits per heavy atom. The van der Waals surface area contributed by atoms with Crippen molar-refractivity contribution in [2.75, 3.05) is 48.4 Å². The zero-order valence-electron chi connectivity index (χ0n) is 18.3. The van der Waals surface area contributed by atoms with E-state index in [1.807, 2.05) is 24.3 Å². The lowest BCUT2D eigenvalue weighted by Gasteiger charge is -2.39. The van der Waals surface area contributed by atoms with Crippen LogP contribution in [0.3, 0.4) is 0 Å². The molecule has 0 unspecified atom stereocenters. The van der Waals surface area contributed by atoms with Gasteiger partial charge in [0, 0.05) is 37.6 Å². The van der Waals surface area contributed by atoms with Gasteiger partial charge in [-0.3, -0.25) is 9.11 Å². The van der Waals surface area contributed by atoms with Gasteiger partial charge in [0.2, 0.25) is 0 Å². The molecular formula is C24H30N4O3S. The van der Waals surface area contributed by atoms with Crippen molar-refractivity contribution in [3.8, 4) is 0 Å². The maximum atomic E-state index is 10.8. The van der Waals surface area contributed by atoms with Gasteiger partial charge in [-0.25, -0.2) is 4.98 Å². The predicted molar refractivity (Wildman–Crippen MR) is 131 cm³/mol. The maximum absolute atomic E-state index is 10.8. The van der Waals surface area contributed by atoms with E-state index in [2.05, 4.69) is 41.0 Å². The van der Waals surface area contributed by atoms with Gasteiger partial charge in [0.25, 0.3) is 0 Å². The fourth-order valence-corrected chi connectivity index (χ4v) is 6.07. The van der Waals surface area contributed by atoms with Crippen molar-refractivity contribution in [1.82, 2.24) is 4.98 Å². The lowest BCUT2D eigenvalue weighted by molar-refractivity contribution is 0.00840. The molecule has 2 aliphatic rings. The molecule has 170 valence electrons. The first-order chi connectivity index (χ1) is 15.5. The van der Waals surface area contributed by atoms with Gasteiger partial charge in [-0.2, -0.15) is 10.6 Å². The molecule has 1 saturated heterocycles. The number of aryl methyl sites for hydroxylation is 1. The molecular weight excluding hydrogens is 424 g/mol. The van der Waals surface area contributed by atoms with E-state index >= 15 is 0 Å². The number of hydrogen-bond acceptors (Lipinski definition) is 7. The van der Waals surface area contributed by atoms with Crippen molar-refractivity contribution in [2.45, 2.75) is 24.4 Å². The van der Waals surface area contributed by atoms with Crippen LogP contribution in [0.4, 0.5) is 11.5 Å². The number of benzene rings is 2. The highest BCUT2D eigenvalue weighted by Crippen LogP contribution is 2.51. The normalized spacial score (nSPS) is 19.2. The zero-order chi connectivity index (χ0) is 22.3. The molecule has 1 aromatic heterocycles. The molecule has 3 heterocycles. The zero-order valence-corrected chi connectivity index (χ0v) is 19.1. The highest BCUT2D eigenvalue weighted by Gasteiger charge is 2.30. The summed E-state index contributed by atoms with van der Waals surface area (Å²) in [6.45, 7) is 5.88. The lowest BCUT2D eigenvalue weighted by Crippen LogP contribution is -2.51. The van der Waals surface area contributed by atoms with E-state index in [9.17, 15) is 9.11 Å². The van der Waals surface area contributed by atoms with Crippen molar-refractivity contribution in [2.24, 2.45) is 5.73 Å². The van der Waals surface area contributed by atoms with Gasteiger partial charge in [0.1, 0.15) is 5.82 Å². The molecule has 2 aliphatic heterocycles. The molecule has 8 heteroatoms. The topological polar surface area (TPSA) is 95.1 Å². The molecule has 4 N–H and O–H groups in total. The van der Waals surface area contributed by atoms with E-state index in [1.165, 1.54) is 5.56 Å². The molecule has 0 bridgehead atoms. The van der Waals surface area contributed by atoms with Crippen molar-refractivity contribution in [3.63, 3.8) is 0 Å². The van der Waals surface area contributed by atoms with Gasteiger partial charge in [-0.1, -0.05) is 29.8 Å². The molecule has 0 saturated carbocycles. The Labute approximate surface area is 190 Å². The summed E-state index contributed by atoms with van der Waals surface area (Å²) in [6, 6.07) is 16.4. The van der Waals surface area contributed by atoms with Crippen LogP contribution >= 0.6 is 10.6 Å².